The van der Waals surface area contributed by atoms with Gasteiger partial charge in [0.25, 0.3) is 5.91 Å². The zero-order valence-electron chi connectivity index (χ0n) is 18.8. The van der Waals surface area contributed by atoms with E-state index < -0.39 is 0 Å². The van der Waals surface area contributed by atoms with Crippen LogP contribution in [0.15, 0.2) is 65.1 Å². The van der Waals surface area contributed by atoms with E-state index in [4.69, 9.17) is 10.5 Å². The number of amides is 1. The van der Waals surface area contributed by atoms with Gasteiger partial charge in [0.2, 0.25) is 0 Å². The molecule has 2 aromatic carbocycles. The van der Waals surface area contributed by atoms with Gasteiger partial charge in [0.1, 0.15) is 16.9 Å². The smallest absolute Gasteiger partial charge is 0.257 e. The van der Waals surface area contributed by atoms with Gasteiger partial charge in [-0.25, -0.2) is 9.97 Å². The van der Waals surface area contributed by atoms with Crippen LogP contribution in [0, 0.1) is 0 Å². The van der Waals surface area contributed by atoms with Crippen molar-refractivity contribution in [3.8, 4) is 11.5 Å². The fourth-order valence-electron chi connectivity index (χ4n) is 3.66. The van der Waals surface area contributed by atoms with Crippen LogP contribution in [0.2, 0.25) is 0 Å². The third-order valence-electron chi connectivity index (χ3n) is 5.31. The zero-order chi connectivity index (χ0) is 24.4. The lowest BCUT2D eigenvalue weighted by Gasteiger charge is -2.06. The van der Waals surface area contributed by atoms with Gasteiger partial charge >= 0.3 is 0 Å². The van der Waals surface area contributed by atoms with E-state index in [2.05, 4.69) is 20.4 Å². The topological polar surface area (TPSA) is 128 Å². The van der Waals surface area contributed by atoms with Gasteiger partial charge in [-0.05, 0) is 54.3 Å². The minimum atomic E-state index is -0.359. The lowest BCUT2D eigenvalue weighted by molar-refractivity contribution is 0.0953. The number of nitrogens with two attached hydrogens (primary N) is 1. The number of thiophene rings is 1. The number of phenolic OH excluding ortho intramolecular Hbond substituents is 1. The van der Waals surface area contributed by atoms with E-state index in [1.165, 1.54) is 10.7 Å². The molecule has 0 unspecified atom stereocenters. The predicted octanol–water partition coefficient (Wildman–Crippen LogP) is 4.14. The number of aromatic hydroxyl groups is 1. The average molecular weight is 487 g/mol. The molecule has 0 saturated heterocycles. The number of ether oxygens (including phenoxy) is 1. The minimum absolute atomic E-state index is 0.0389. The molecule has 5 aromatic rings. The maximum atomic E-state index is 13.2. The summed E-state index contributed by atoms with van der Waals surface area (Å²) < 4.78 is 6.85. The maximum Gasteiger partial charge on any atom is 0.257 e. The van der Waals surface area contributed by atoms with Crippen LogP contribution in [0.25, 0.3) is 22.2 Å². The molecule has 0 fully saturated rings. The van der Waals surface area contributed by atoms with Gasteiger partial charge in [-0.15, -0.1) is 11.3 Å². The summed E-state index contributed by atoms with van der Waals surface area (Å²) in [7, 11) is 0. The monoisotopic (exact) mass is 486 g/mol. The Kier molecular flexibility index (Phi) is 6.02. The first-order valence-corrected chi connectivity index (χ1v) is 11.8. The molecule has 0 aliphatic heterocycles. The molecule has 0 aliphatic rings. The number of carbonyl (C=O) groups is 1. The normalized spacial score (nSPS) is 11.5. The van der Waals surface area contributed by atoms with Crippen LogP contribution in [0.1, 0.15) is 27.7 Å². The molecule has 3 heterocycles. The molecule has 0 atom stereocenters. The number of nitrogens with zero attached hydrogens (tertiary/aromatic N) is 4. The quantitative estimate of drug-likeness (QED) is 0.297. The molecular weight excluding hydrogens is 464 g/mol. The number of anilines is 1. The lowest BCUT2D eigenvalue weighted by Crippen LogP contribution is -2.23. The number of aromatic nitrogens is 3. The number of nitrogen functional groups attached to an aromatic ring is 1. The summed E-state index contributed by atoms with van der Waals surface area (Å²) in [4.78, 5) is 23.6. The van der Waals surface area contributed by atoms with Gasteiger partial charge in [-0.2, -0.15) is 9.78 Å². The van der Waals surface area contributed by atoms with Crippen molar-refractivity contribution in [1.82, 2.24) is 20.0 Å². The van der Waals surface area contributed by atoms with Gasteiger partial charge in [-0.1, -0.05) is 18.2 Å². The molecule has 0 aliphatic carbocycles. The largest absolute Gasteiger partial charge is 0.504 e. The number of carbonyl (C=O) groups excluding carboxylic acids is 1. The second kappa shape index (κ2) is 9.43. The number of benzene rings is 2. The number of hydrogen-bond acceptors (Lipinski definition) is 8. The SMILES string of the molecule is CCOc1cc(/C=N/n2c(N)c(C(=O)NCc3cccs3)c3nc4ccccc4nc32)ccc1O. The summed E-state index contributed by atoms with van der Waals surface area (Å²) in [5.74, 6) is 0.153. The summed E-state index contributed by atoms with van der Waals surface area (Å²) in [6.45, 7) is 2.62. The van der Waals surface area contributed by atoms with Crippen LogP contribution in [0.4, 0.5) is 5.82 Å². The van der Waals surface area contributed by atoms with Crippen molar-refractivity contribution in [2.75, 3.05) is 12.3 Å². The van der Waals surface area contributed by atoms with Crippen LogP contribution in [-0.4, -0.2) is 38.5 Å². The molecule has 0 radical (unpaired) electrons. The van der Waals surface area contributed by atoms with E-state index in [1.54, 1.807) is 29.7 Å². The summed E-state index contributed by atoms with van der Waals surface area (Å²) in [6.07, 6.45) is 1.56. The van der Waals surface area contributed by atoms with Crippen molar-refractivity contribution in [3.63, 3.8) is 0 Å². The summed E-state index contributed by atoms with van der Waals surface area (Å²) >= 11 is 1.56. The van der Waals surface area contributed by atoms with Gasteiger partial charge in [0.05, 0.1) is 30.4 Å². The number of para-hydroxylation sites is 2. The van der Waals surface area contributed by atoms with E-state index in [-0.39, 0.29) is 23.0 Å². The number of rotatable bonds is 7. The molecule has 3 aromatic heterocycles. The molecule has 176 valence electrons. The first kappa shape index (κ1) is 22.4. The van der Waals surface area contributed by atoms with Gasteiger partial charge in [0.15, 0.2) is 17.1 Å². The highest BCUT2D eigenvalue weighted by Gasteiger charge is 2.24. The molecule has 35 heavy (non-hydrogen) atoms. The van der Waals surface area contributed by atoms with E-state index >= 15 is 0 Å². The molecule has 9 nitrogen and oxygen atoms in total. The van der Waals surface area contributed by atoms with Crippen LogP contribution in [0.5, 0.6) is 11.5 Å². The van der Waals surface area contributed by atoms with Gasteiger partial charge in [0, 0.05) is 4.88 Å². The first-order valence-electron chi connectivity index (χ1n) is 10.9. The molecule has 0 bridgehead atoms. The third kappa shape index (κ3) is 4.38. The van der Waals surface area contributed by atoms with Crippen LogP contribution >= 0.6 is 11.3 Å². The van der Waals surface area contributed by atoms with Crippen molar-refractivity contribution in [3.05, 3.63) is 76.0 Å². The fraction of sp³-hybridized carbons (Fsp3) is 0.120. The van der Waals surface area contributed by atoms with E-state index in [1.807, 2.05) is 48.7 Å². The highest BCUT2D eigenvalue weighted by molar-refractivity contribution is 7.09. The molecule has 1 amide bonds. The number of phenols is 1. The average Bonchev–Trinajstić information content (AvgIpc) is 3.47. The third-order valence-corrected chi connectivity index (χ3v) is 6.19. The van der Waals surface area contributed by atoms with Gasteiger partial charge in [-0.3, -0.25) is 4.79 Å². The van der Waals surface area contributed by atoms with E-state index in [0.717, 1.165) is 4.88 Å². The Morgan fingerprint density at radius 2 is 2.00 bits per heavy atom. The summed E-state index contributed by atoms with van der Waals surface area (Å²) in [6, 6.07) is 16.2. The number of fused-ring (bicyclic) bond motifs is 2. The molecule has 0 spiro atoms. The summed E-state index contributed by atoms with van der Waals surface area (Å²) in [5.41, 5.74) is 9.36. The predicted molar refractivity (Wildman–Crippen MR) is 137 cm³/mol. The number of hydrogen-bond donors (Lipinski definition) is 3. The van der Waals surface area contributed by atoms with E-state index in [9.17, 15) is 9.90 Å². The van der Waals surface area contributed by atoms with Crippen LogP contribution in [-0.2, 0) is 6.54 Å². The molecule has 5 rings (SSSR count). The number of nitrogens with one attached hydrogen (secondary N) is 1. The van der Waals surface area contributed by atoms with Crippen molar-refractivity contribution in [2.45, 2.75) is 13.5 Å². The van der Waals surface area contributed by atoms with Crippen LogP contribution < -0.4 is 15.8 Å². The first-order chi connectivity index (χ1) is 17.0. The van der Waals surface area contributed by atoms with Crippen molar-refractivity contribution >= 4 is 51.5 Å². The fourth-order valence-corrected chi connectivity index (χ4v) is 4.31. The van der Waals surface area contributed by atoms with Crippen molar-refractivity contribution in [1.29, 1.82) is 0 Å². The molecule has 0 saturated carbocycles. The molecule has 4 N–H and O–H groups in total. The second-order valence-electron chi connectivity index (χ2n) is 7.62. The highest BCUT2D eigenvalue weighted by Crippen LogP contribution is 2.29. The highest BCUT2D eigenvalue weighted by atomic mass is 32.1. The Hall–Kier alpha value is -4.44. The Balaban J connectivity index is 1.59. The maximum absolute atomic E-state index is 13.2. The summed E-state index contributed by atoms with van der Waals surface area (Å²) in [5, 5.41) is 19.3. The van der Waals surface area contributed by atoms with Crippen molar-refractivity contribution in [2.24, 2.45) is 5.10 Å². The Labute approximate surface area is 204 Å². The van der Waals surface area contributed by atoms with Crippen LogP contribution in [0.3, 0.4) is 0 Å². The van der Waals surface area contributed by atoms with E-state index in [0.29, 0.717) is 46.7 Å². The Morgan fingerprint density at radius 3 is 2.74 bits per heavy atom. The van der Waals surface area contributed by atoms with Crippen molar-refractivity contribution < 1.29 is 14.6 Å². The Morgan fingerprint density at radius 1 is 1.20 bits per heavy atom. The standard InChI is InChI=1S/C25H22N6O3S/c1-2-34-20-12-15(9-10-19(20)32)13-28-31-23(26)21(25(33)27-14-16-6-5-11-35-16)22-24(31)30-18-8-4-3-7-17(18)29-22/h3-13,32H,2,14,26H2,1H3,(H,27,33)/b28-13+. The minimum Gasteiger partial charge on any atom is -0.504 e. The zero-order valence-corrected chi connectivity index (χ0v) is 19.6. The Bertz CT molecular complexity index is 1560. The lowest BCUT2D eigenvalue weighted by atomic mass is 10.2. The molecular formula is C25H22N6O3S. The second-order valence-corrected chi connectivity index (χ2v) is 8.66. The van der Waals surface area contributed by atoms with Gasteiger partial charge < -0.3 is 20.9 Å². The molecule has 10 heteroatoms.